The minimum atomic E-state index is -0.299. The number of aromatic amines is 1. The van der Waals surface area contributed by atoms with Crippen molar-refractivity contribution in [3.63, 3.8) is 0 Å². The lowest BCUT2D eigenvalue weighted by Gasteiger charge is -2.29. The molecule has 1 aliphatic carbocycles. The Hall–Kier alpha value is -3.30. The van der Waals surface area contributed by atoms with E-state index in [1.807, 2.05) is 55.5 Å². The Morgan fingerprint density at radius 1 is 1.28 bits per heavy atom. The first kappa shape index (κ1) is 19.0. The second-order valence-electron chi connectivity index (χ2n) is 7.40. The molecule has 6 heteroatoms. The van der Waals surface area contributed by atoms with Gasteiger partial charge in [0.25, 0.3) is 0 Å². The highest BCUT2D eigenvalue weighted by Crippen LogP contribution is 2.33. The zero-order valence-electron chi connectivity index (χ0n) is 16.6. The van der Waals surface area contributed by atoms with Gasteiger partial charge in [0.05, 0.1) is 24.2 Å². The molecule has 0 unspecified atom stereocenters. The number of para-hydroxylation sites is 2. The maximum absolute atomic E-state index is 11.0. The number of benzene rings is 2. The van der Waals surface area contributed by atoms with Gasteiger partial charge in [-0.1, -0.05) is 24.3 Å². The van der Waals surface area contributed by atoms with Crippen molar-refractivity contribution in [3.8, 4) is 11.8 Å². The molecule has 0 saturated heterocycles. The van der Waals surface area contributed by atoms with Crippen molar-refractivity contribution in [2.24, 2.45) is 0 Å². The molecule has 1 fully saturated rings. The molecule has 1 saturated carbocycles. The molecule has 29 heavy (non-hydrogen) atoms. The Labute approximate surface area is 170 Å². The number of aromatic nitrogens is 2. The molecule has 2 N–H and O–H groups in total. The molecule has 1 aliphatic rings. The average Bonchev–Trinajstić information content (AvgIpc) is 3.50. The van der Waals surface area contributed by atoms with Crippen molar-refractivity contribution < 1.29 is 9.84 Å². The molecule has 0 amide bonds. The number of ether oxygens (including phenoxy) is 1. The van der Waals surface area contributed by atoms with Crippen LogP contribution in [0.15, 0.2) is 54.3 Å². The summed E-state index contributed by atoms with van der Waals surface area (Å²) in [5.74, 6) is 1.27. The van der Waals surface area contributed by atoms with Crippen LogP contribution in [0.5, 0.6) is 5.75 Å². The van der Waals surface area contributed by atoms with Crippen molar-refractivity contribution >= 4 is 16.6 Å². The van der Waals surface area contributed by atoms with Gasteiger partial charge in [0.1, 0.15) is 23.2 Å². The summed E-state index contributed by atoms with van der Waals surface area (Å²) in [4.78, 5) is 9.87. The maximum Gasteiger partial charge on any atom is 0.152 e. The van der Waals surface area contributed by atoms with Crippen LogP contribution in [0.4, 0.5) is 0 Å². The van der Waals surface area contributed by atoms with Crippen LogP contribution in [0.25, 0.3) is 16.6 Å². The quantitative estimate of drug-likeness (QED) is 0.462. The average molecular weight is 388 g/mol. The first-order valence-electron chi connectivity index (χ1n) is 9.77. The standard InChI is InChI=1S/C23H24N4O2/c1-15(27(17-9-10-17)14-16-7-11-18(29-2)12-8-16)22(28)19(13-24)23-25-20-5-3-4-6-21(20)26-23/h3-8,11-12,15,17,28H,9-10,14H2,1-2H3,(H,25,26)/b22-19-/t15-/m0/s1. The van der Waals surface area contributed by atoms with Crippen LogP contribution in [0.3, 0.4) is 0 Å². The fourth-order valence-electron chi connectivity index (χ4n) is 3.60. The number of hydrogen-bond acceptors (Lipinski definition) is 5. The van der Waals surface area contributed by atoms with Crippen molar-refractivity contribution in [2.75, 3.05) is 7.11 Å². The van der Waals surface area contributed by atoms with Gasteiger partial charge in [-0.05, 0) is 49.6 Å². The van der Waals surface area contributed by atoms with Crippen molar-refractivity contribution in [2.45, 2.75) is 38.4 Å². The molecule has 1 aromatic heterocycles. The molecule has 6 nitrogen and oxygen atoms in total. The summed E-state index contributed by atoms with van der Waals surface area (Å²) in [5, 5.41) is 20.7. The summed E-state index contributed by atoms with van der Waals surface area (Å²) in [6.45, 7) is 2.63. The summed E-state index contributed by atoms with van der Waals surface area (Å²) >= 11 is 0. The van der Waals surface area contributed by atoms with E-state index in [0.717, 1.165) is 35.2 Å². The number of fused-ring (bicyclic) bond motifs is 1. The lowest BCUT2D eigenvalue weighted by atomic mass is 10.1. The second kappa shape index (κ2) is 7.98. The topological polar surface area (TPSA) is 85.2 Å². The van der Waals surface area contributed by atoms with Gasteiger partial charge in [-0.25, -0.2) is 4.98 Å². The van der Waals surface area contributed by atoms with Gasteiger partial charge in [-0.15, -0.1) is 0 Å². The molecular weight excluding hydrogens is 364 g/mol. The SMILES string of the molecule is COc1ccc(CN(C2CC2)[C@@H](C)/C(O)=C(\C#N)c2nc3ccccc3[nH]2)cc1. The highest BCUT2D eigenvalue weighted by atomic mass is 16.5. The fraction of sp³-hybridized carbons (Fsp3) is 0.304. The van der Waals surface area contributed by atoms with Crippen molar-refractivity contribution in [3.05, 3.63) is 65.7 Å². The van der Waals surface area contributed by atoms with E-state index < -0.39 is 0 Å². The lowest BCUT2D eigenvalue weighted by Crippen LogP contribution is -2.36. The summed E-state index contributed by atoms with van der Waals surface area (Å²) in [6.07, 6.45) is 2.20. The van der Waals surface area contributed by atoms with E-state index in [0.29, 0.717) is 18.4 Å². The van der Waals surface area contributed by atoms with Crippen LogP contribution >= 0.6 is 0 Å². The number of H-pyrrole nitrogens is 1. The first-order valence-corrected chi connectivity index (χ1v) is 9.77. The number of rotatable bonds is 7. The third kappa shape index (κ3) is 3.96. The number of nitrogens with zero attached hydrogens (tertiary/aromatic N) is 3. The Balaban J connectivity index is 1.62. The summed E-state index contributed by atoms with van der Waals surface area (Å²) in [5.41, 5.74) is 2.94. The van der Waals surface area contributed by atoms with Gasteiger partial charge < -0.3 is 14.8 Å². The van der Waals surface area contributed by atoms with Crippen LogP contribution in [0.2, 0.25) is 0 Å². The molecule has 0 radical (unpaired) electrons. The molecule has 0 spiro atoms. The normalized spacial score (nSPS) is 15.8. The number of methoxy groups -OCH3 is 1. The van der Waals surface area contributed by atoms with Crippen LogP contribution in [0, 0.1) is 11.3 Å². The Morgan fingerprint density at radius 3 is 2.62 bits per heavy atom. The molecule has 1 heterocycles. The highest BCUT2D eigenvalue weighted by molar-refractivity contribution is 5.83. The van der Waals surface area contributed by atoms with Gasteiger partial charge in [-0.3, -0.25) is 4.90 Å². The van der Waals surface area contributed by atoms with E-state index >= 15 is 0 Å². The number of imidazole rings is 1. The van der Waals surface area contributed by atoms with E-state index in [2.05, 4.69) is 20.9 Å². The number of aliphatic hydroxyl groups is 1. The summed E-state index contributed by atoms with van der Waals surface area (Å²) in [6, 6.07) is 17.8. The summed E-state index contributed by atoms with van der Waals surface area (Å²) in [7, 11) is 1.65. The molecule has 4 rings (SSSR count). The van der Waals surface area contributed by atoms with E-state index in [1.54, 1.807) is 7.11 Å². The van der Waals surface area contributed by atoms with Gasteiger partial charge in [0.15, 0.2) is 5.82 Å². The molecule has 3 aromatic rings. The number of allylic oxidation sites excluding steroid dienone is 1. The van der Waals surface area contributed by atoms with Crippen LogP contribution in [-0.2, 0) is 6.54 Å². The number of nitriles is 1. The van der Waals surface area contributed by atoms with E-state index in [-0.39, 0.29) is 17.4 Å². The molecule has 1 atom stereocenters. The fourth-order valence-corrected chi connectivity index (χ4v) is 3.60. The van der Waals surface area contributed by atoms with Gasteiger partial charge >= 0.3 is 0 Å². The summed E-state index contributed by atoms with van der Waals surface area (Å²) < 4.78 is 5.23. The van der Waals surface area contributed by atoms with Crippen LogP contribution < -0.4 is 4.74 Å². The predicted octanol–water partition coefficient (Wildman–Crippen LogP) is 4.42. The zero-order chi connectivity index (χ0) is 20.4. The van der Waals surface area contributed by atoms with Crippen LogP contribution in [-0.4, -0.2) is 39.2 Å². The zero-order valence-corrected chi connectivity index (χ0v) is 16.6. The first-order chi connectivity index (χ1) is 14.1. The third-order valence-electron chi connectivity index (χ3n) is 5.43. The van der Waals surface area contributed by atoms with Gasteiger partial charge in [0.2, 0.25) is 0 Å². The monoisotopic (exact) mass is 388 g/mol. The van der Waals surface area contributed by atoms with Crippen molar-refractivity contribution in [1.82, 2.24) is 14.9 Å². The number of nitrogens with one attached hydrogen (secondary N) is 1. The van der Waals surface area contributed by atoms with E-state index in [4.69, 9.17) is 4.74 Å². The van der Waals surface area contributed by atoms with E-state index in [9.17, 15) is 10.4 Å². The number of aliphatic hydroxyl groups excluding tert-OH is 1. The molecule has 0 bridgehead atoms. The molecule has 2 aromatic carbocycles. The highest BCUT2D eigenvalue weighted by Gasteiger charge is 2.35. The largest absolute Gasteiger partial charge is 0.509 e. The van der Waals surface area contributed by atoms with Crippen LogP contribution in [0.1, 0.15) is 31.2 Å². The van der Waals surface area contributed by atoms with E-state index in [1.165, 1.54) is 0 Å². The lowest BCUT2D eigenvalue weighted by molar-refractivity contribution is 0.171. The Kier molecular flexibility index (Phi) is 5.24. The molecule has 148 valence electrons. The Morgan fingerprint density at radius 2 is 2.00 bits per heavy atom. The molecule has 0 aliphatic heterocycles. The van der Waals surface area contributed by atoms with Crippen molar-refractivity contribution in [1.29, 1.82) is 5.26 Å². The molecular formula is C23H24N4O2. The Bertz CT molecular complexity index is 1040. The predicted molar refractivity (Wildman–Crippen MR) is 112 cm³/mol. The third-order valence-corrected chi connectivity index (χ3v) is 5.43. The number of hydrogen-bond donors (Lipinski definition) is 2. The smallest absolute Gasteiger partial charge is 0.152 e. The minimum Gasteiger partial charge on any atom is -0.509 e. The van der Waals surface area contributed by atoms with Gasteiger partial charge in [-0.2, -0.15) is 5.26 Å². The maximum atomic E-state index is 11.0. The van der Waals surface area contributed by atoms with Gasteiger partial charge in [0, 0.05) is 12.6 Å². The minimum absolute atomic E-state index is 0.0481. The second-order valence-corrected chi connectivity index (χ2v) is 7.40.